The molecule has 1 aliphatic heterocycles. The monoisotopic (exact) mass is 522 g/mol. The van der Waals surface area contributed by atoms with Crippen LogP contribution in [0.3, 0.4) is 0 Å². The van der Waals surface area contributed by atoms with Gasteiger partial charge in [0.05, 0.1) is 16.3 Å². The van der Waals surface area contributed by atoms with E-state index in [1.165, 1.54) is 5.01 Å². The third kappa shape index (κ3) is 4.12. The minimum atomic E-state index is -0.347. The van der Waals surface area contributed by atoms with Crippen LogP contribution in [0.1, 0.15) is 41.5 Å². The largest absolute Gasteiger partial charge is 0.289 e. The lowest BCUT2D eigenvalue weighted by molar-refractivity contribution is -0.115. The fourth-order valence-corrected chi connectivity index (χ4v) is 4.27. The Kier molecular flexibility index (Phi) is 5.69. The van der Waals surface area contributed by atoms with Gasteiger partial charge < -0.3 is 0 Å². The van der Waals surface area contributed by atoms with Crippen molar-refractivity contribution in [3.8, 4) is 0 Å². The van der Waals surface area contributed by atoms with E-state index in [4.69, 9.17) is 11.6 Å². The molecule has 4 nitrogen and oxygen atoms in total. The van der Waals surface area contributed by atoms with Crippen molar-refractivity contribution < 1.29 is 9.59 Å². The number of Topliss-reactive ketones (excluding diaryl/α,β-unsaturated/α-hetero) is 1. The van der Waals surface area contributed by atoms with E-state index in [0.29, 0.717) is 36.7 Å². The molecule has 0 spiro atoms. The third-order valence-corrected chi connectivity index (χ3v) is 5.95. The number of halogens is 2. The first-order valence-electron chi connectivity index (χ1n) is 9.39. The Hall–Kier alpha value is -1.73. The number of carbonyl (C=O) groups is 2. The zero-order valence-corrected chi connectivity index (χ0v) is 20.3. The van der Waals surface area contributed by atoms with Crippen molar-refractivity contribution in [3.05, 3.63) is 63.7 Å². The molecule has 0 saturated heterocycles. The second-order valence-electron chi connectivity index (χ2n) is 9.23. The zero-order valence-electron chi connectivity index (χ0n) is 17.4. The Balaban J connectivity index is 2.21. The van der Waals surface area contributed by atoms with E-state index in [0.717, 1.165) is 0 Å². The zero-order chi connectivity index (χ0) is 21.7. The molecule has 0 fully saturated rings. The number of carbonyl (C=O) groups excluding carboxylic acids is 2. The predicted molar refractivity (Wildman–Crippen MR) is 128 cm³/mol. The quantitative estimate of drug-likeness (QED) is 0.323. The maximum atomic E-state index is 13.3. The van der Waals surface area contributed by atoms with Crippen LogP contribution >= 0.6 is 34.2 Å². The van der Waals surface area contributed by atoms with Crippen LogP contribution in [0.2, 0.25) is 5.02 Å². The average Bonchev–Trinajstić information content (AvgIpc) is 2.88. The number of rotatable bonds is 1. The lowest BCUT2D eigenvalue weighted by Gasteiger charge is -2.31. The second kappa shape index (κ2) is 7.51. The Labute approximate surface area is 190 Å². The van der Waals surface area contributed by atoms with Gasteiger partial charge >= 0.3 is 0 Å². The van der Waals surface area contributed by atoms with Gasteiger partial charge in [0.2, 0.25) is 0 Å². The Bertz CT molecular complexity index is 998. The number of hydrazone groups is 1. The molecule has 3 rings (SSSR count). The number of para-hydroxylation sites is 1. The van der Waals surface area contributed by atoms with E-state index >= 15 is 0 Å². The summed E-state index contributed by atoms with van der Waals surface area (Å²) < 4.78 is 0.575. The molecule has 29 heavy (non-hydrogen) atoms. The summed E-state index contributed by atoms with van der Waals surface area (Å²) in [7, 11) is 0. The lowest BCUT2D eigenvalue weighted by Crippen LogP contribution is -2.29. The number of ketones is 1. The van der Waals surface area contributed by atoms with Crippen molar-refractivity contribution in [2.45, 2.75) is 41.5 Å². The van der Waals surface area contributed by atoms with E-state index in [-0.39, 0.29) is 22.5 Å². The first-order valence-corrected chi connectivity index (χ1v) is 10.8. The normalized spacial score (nSPS) is 18.2. The van der Waals surface area contributed by atoms with Crippen LogP contribution < -0.4 is 5.01 Å². The van der Waals surface area contributed by atoms with Gasteiger partial charge in [-0.15, -0.1) is 0 Å². The number of benzene rings is 1. The molecule has 1 amide bonds. The van der Waals surface area contributed by atoms with Gasteiger partial charge in [-0.25, -0.2) is 0 Å². The van der Waals surface area contributed by atoms with Gasteiger partial charge in [0, 0.05) is 11.1 Å². The highest BCUT2D eigenvalue weighted by Crippen LogP contribution is 2.41. The highest BCUT2D eigenvalue weighted by molar-refractivity contribution is 14.1. The van der Waals surface area contributed by atoms with E-state index in [1.54, 1.807) is 12.1 Å². The lowest BCUT2D eigenvalue weighted by atomic mass is 9.71. The summed E-state index contributed by atoms with van der Waals surface area (Å²) in [6.07, 6.45) is 3.68. The standard InChI is InChI=1S/C23H24ClIN2O2/c1-22(2,3)14-11-13(12-15(19(14)28)23(4,5)6)18-20(25)26-27(21(18)29)17-10-8-7-9-16(17)24/h7-12H,1-6H3. The highest BCUT2D eigenvalue weighted by atomic mass is 127. The number of hydrogen-bond donors (Lipinski definition) is 0. The van der Waals surface area contributed by atoms with Gasteiger partial charge in [0.25, 0.3) is 5.91 Å². The smallest absolute Gasteiger partial charge is 0.282 e. The number of amides is 1. The fourth-order valence-electron chi connectivity index (χ4n) is 3.29. The molecule has 6 heteroatoms. The van der Waals surface area contributed by atoms with Crippen molar-refractivity contribution in [3.63, 3.8) is 0 Å². The van der Waals surface area contributed by atoms with Crippen molar-refractivity contribution in [2.75, 3.05) is 5.01 Å². The molecule has 1 aliphatic carbocycles. The number of nitrogens with zero attached hydrogens (tertiary/aromatic N) is 2. The molecule has 0 bridgehead atoms. The van der Waals surface area contributed by atoms with Gasteiger partial charge in [-0.05, 0) is 63.3 Å². The molecular weight excluding hydrogens is 499 g/mol. The molecule has 0 aromatic heterocycles. The van der Waals surface area contributed by atoms with Gasteiger partial charge in [-0.3, -0.25) is 9.59 Å². The van der Waals surface area contributed by atoms with E-state index < -0.39 is 0 Å². The summed E-state index contributed by atoms with van der Waals surface area (Å²) in [5, 5.41) is 6.24. The summed E-state index contributed by atoms with van der Waals surface area (Å²) in [5.74, 6) is -0.212. The van der Waals surface area contributed by atoms with Crippen molar-refractivity contribution in [2.24, 2.45) is 15.9 Å². The van der Waals surface area contributed by atoms with Crippen LogP contribution in [0.25, 0.3) is 0 Å². The number of hydrogen-bond acceptors (Lipinski definition) is 3. The van der Waals surface area contributed by atoms with Crippen molar-refractivity contribution >= 4 is 55.3 Å². The van der Waals surface area contributed by atoms with Crippen LogP contribution in [0, 0.1) is 10.8 Å². The molecule has 0 saturated carbocycles. The van der Waals surface area contributed by atoms with Gasteiger partial charge in [-0.2, -0.15) is 10.1 Å². The van der Waals surface area contributed by atoms with Crippen LogP contribution in [-0.4, -0.2) is 15.4 Å². The van der Waals surface area contributed by atoms with Crippen LogP contribution in [0.4, 0.5) is 5.69 Å². The maximum Gasteiger partial charge on any atom is 0.282 e. The molecule has 1 aromatic rings. The minimum Gasteiger partial charge on any atom is -0.289 e. The number of allylic oxidation sites excluding steroid dienone is 5. The summed E-state index contributed by atoms with van der Waals surface area (Å²) in [5.41, 5.74) is 2.44. The SMILES string of the molecule is CC(C)(C)C1=CC(=C2C(=O)N(c3ccccc3Cl)N=C2I)C=C(C(C)(C)C)C1=O. The Morgan fingerprint density at radius 3 is 1.93 bits per heavy atom. The summed E-state index contributed by atoms with van der Waals surface area (Å²) in [6, 6.07) is 7.12. The van der Waals surface area contributed by atoms with Crippen molar-refractivity contribution in [1.29, 1.82) is 0 Å². The summed E-state index contributed by atoms with van der Waals surface area (Å²) >= 11 is 8.36. The minimum absolute atomic E-state index is 0.0368. The van der Waals surface area contributed by atoms with E-state index in [2.05, 4.69) is 27.7 Å². The Morgan fingerprint density at radius 1 is 0.931 bits per heavy atom. The molecule has 1 heterocycles. The summed E-state index contributed by atoms with van der Waals surface area (Å²) in [6.45, 7) is 12.1. The molecule has 0 N–H and O–H groups in total. The molecular formula is C23H24ClIN2O2. The van der Waals surface area contributed by atoms with Gasteiger partial charge in [0.15, 0.2) is 5.78 Å². The van der Waals surface area contributed by atoms with Gasteiger partial charge in [-0.1, -0.05) is 65.3 Å². The van der Waals surface area contributed by atoms with Crippen LogP contribution in [0.5, 0.6) is 0 Å². The van der Waals surface area contributed by atoms with E-state index in [9.17, 15) is 9.59 Å². The van der Waals surface area contributed by atoms with E-state index in [1.807, 2.05) is 65.8 Å². The van der Waals surface area contributed by atoms with Crippen molar-refractivity contribution in [1.82, 2.24) is 0 Å². The molecule has 0 radical (unpaired) electrons. The van der Waals surface area contributed by atoms with Crippen LogP contribution in [0.15, 0.2) is 63.8 Å². The molecule has 1 aromatic carbocycles. The van der Waals surface area contributed by atoms with Gasteiger partial charge in [0.1, 0.15) is 3.72 Å². The maximum absolute atomic E-state index is 13.3. The van der Waals surface area contributed by atoms with Crippen LogP contribution in [-0.2, 0) is 9.59 Å². The topological polar surface area (TPSA) is 49.7 Å². The molecule has 152 valence electrons. The second-order valence-corrected chi connectivity index (χ2v) is 10.7. The first-order chi connectivity index (χ1) is 13.3. The Morgan fingerprint density at radius 2 is 1.45 bits per heavy atom. The fraction of sp³-hybridized carbons (Fsp3) is 0.348. The highest BCUT2D eigenvalue weighted by Gasteiger charge is 2.38. The molecule has 0 atom stereocenters. The first kappa shape index (κ1) is 22.0. The summed E-state index contributed by atoms with van der Waals surface area (Å²) in [4.78, 5) is 26.5. The molecule has 0 unspecified atom stereocenters. The number of anilines is 1. The average molecular weight is 523 g/mol. The third-order valence-electron chi connectivity index (χ3n) is 4.87. The predicted octanol–water partition coefficient (Wildman–Crippen LogP) is 6.26. The molecule has 2 aliphatic rings.